The number of carbonyl (C=O) groups excluding carboxylic acids is 3. The van der Waals surface area contributed by atoms with Crippen LogP contribution in [0.2, 0.25) is 0 Å². The first-order valence-electron chi connectivity index (χ1n) is 8.29. The largest absolute Gasteiger partial charge is 0.464 e. The van der Waals surface area contributed by atoms with Gasteiger partial charge < -0.3 is 9.47 Å². The standard InChI is InChI=1S/C16H23NO5/c1-3-5-6-9(16(20)21-4-2)17-14(18)12-10-7-8-11(22-10)13(12)15(17)19/h9-13H,3-8H2,1-2H3/t9?,10-,11+,12+,13-. The lowest BCUT2D eigenvalue weighted by Gasteiger charge is -2.26. The van der Waals surface area contributed by atoms with Crippen LogP contribution in [0.3, 0.4) is 0 Å². The molecule has 3 saturated heterocycles. The number of ether oxygens (including phenoxy) is 2. The molecule has 0 aromatic carbocycles. The van der Waals surface area contributed by atoms with Gasteiger partial charge in [-0.05, 0) is 26.2 Å². The molecule has 2 bridgehead atoms. The molecule has 6 heteroatoms. The first kappa shape index (κ1) is 15.5. The average Bonchev–Trinajstić information content (AvgIpc) is 3.16. The van der Waals surface area contributed by atoms with Crippen molar-refractivity contribution >= 4 is 17.8 Å². The van der Waals surface area contributed by atoms with Gasteiger partial charge in [-0.3, -0.25) is 14.5 Å². The van der Waals surface area contributed by atoms with Gasteiger partial charge >= 0.3 is 5.97 Å². The first-order chi connectivity index (χ1) is 10.6. The molecular formula is C16H23NO5. The van der Waals surface area contributed by atoms with E-state index in [-0.39, 0.29) is 42.5 Å². The second kappa shape index (κ2) is 5.99. The van der Waals surface area contributed by atoms with Gasteiger partial charge in [-0.15, -0.1) is 0 Å². The molecule has 122 valence electrons. The number of nitrogens with zero attached hydrogens (tertiary/aromatic N) is 1. The van der Waals surface area contributed by atoms with Crippen LogP contribution in [0.25, 0.3) is 0 Å². The van der Waals surface area contributed by atoms with Crippen LogP contribution in [0, 0.1) is 11.8 Å². The lowest BCUT2D eigenvalue weighted by atomic mass is 9.81. The van der Waals surface area contributed by atoms with E-state index in [0.717, 1.165) is 25.7 Å². The molecule has 22 heavy (non-hydrogen) atoms. The van der Waals surface area contributed by atoms with Crippen LogP contribution in [0.4, 0.5) is 0 Å². The number of hydrogen-bond acceptors (Lipinski definition) is 5. The van der Waals surface area contributed by atoms with Crippen molar-refractivity contribution in [1.82, 2.24) is 4.90 Å². The summed E-state index contributed by atoms with van der Waals surface area (Å²) in [5, 5.41) is 0. The van der Waals surface area contributed by atoms with Gasteiger partial charge in [-0.2, -0.15) is 0 Å². The van der Waals surface area contributed by atoms with Crippen molar-refractivity contribution in [3.8, 4) is 0 Å². The summed E-state index contributed by atoms with van der Waals surface area (Å²) in [6.45, 7) is 3.99. The molecule has 0 aromatic rings. The number of amides is 2. The van der Waals surface area contributed by atoms with E-state index in [1.54, 1.807) is 6.92 Å². The number of esters is 1. The second-order valence-electron chi connectivity index (χ2n) is 6.30. The fraction of sp³-hybridized carbons (Fsp3) is 0.812. The van der Waals surface area contributed by atoms with Crippen LogP contribution in [0.5, 0.6) is 0 Å². The molecule has 2 amide bonds. The minimum Gasteiger partial charge on any atom is -0.464 e. The summed E-state index contributed by atoms with van der Waals surface area (Å²) in [5.41, 5.74) is 0. The Labute approximate surface area is 130 Å². The van der Waals surface area contributed by atoms with Crippen LogP contribution in [-0.4, -0.2) is 47.5 Å². The molecular weight excluding hydrogens is 286 g/mol. The molecule has 0 saturated carbocycles. The van der Waals surface area contributed by atoms with Crippen molar-refractivity contribution in [2.45, 2.75) is 64.2 Å². The molecule has 0 aromatic heterocycles. The van der Waals surface area contributed by atoms with Crippen LogP contribution >= 0.6 is 0 Å². The van der Waals surface area contributed by atoms with E-state index in [9.17, 15) is 14.4 Å². The van der Waals surface area contributed by atoms with Crippen molar-refractivity contribution < 1.29 is 23.9 Å². The molecule has 3 rings (SSSR count). The fourth-order valence-corrected chi connectivity index (χ4v) is 4.03. The number of rotatable bonds is 6. The number of unbranched alkanes of at least 4 members (excludes halogenated alkanes) is 1. The highest BCUT2D eigenvalue weighted by Gasteiger charge is 2.63. The van der Waals surface area contributed by atoms with Crippen LogP contribution in [0.15, 0.2) is 0 Å². The Morgan fingerprint density at radius 1 is 1.23 bits per heavy atom. The number of imide groups is 1. The molecule has 0 N–H and O–H groups in total. The van der Waals surface area contributed by atoms with Gasteiger partial charge in [0.2, 0.25) is 11.8 Å². The van der Waals surface area contributed by atoms with E-state index in [1.165, 1.54) is 4.90 Å². The Morgan fingerprint density at radius 3 is 2.32 bits per heavy atom. The molecule has 3 heterocycles. The third-order valence-corrected chi connectivity index (χ3v) is 5.02. The number of likely N-dealkylation sites (tertiary alicyclic amines) is 1. The Kier molecular flexibility index (Phi) is 4.21. The molecule has 0 radical (unpaired) electrons. The average molecular weight is 309 g/mol. The van der Waals surface area contributed by atoms with E-state index in [2.05, 4.69) is 0 Å². The Morgan fingerprint density at radius 2 is 1.82 bits per heavy atom. The predicted molar refractivity (Wildman–Crippen MR) is 76.7 cm³/mol. The van der Waals surface area contributed by atoms with E-state index < -0.39 is 12.0 Å². The summed E-state index contributed by atoms with van der Waals surface area (Å²) in [6, 6.07) is -0.773. The fourth-order valence-electron chi connectivity index (χ4n) is 4.03. The zero-order valence-corrected chi connectivity index (χ0v) is 13.1. The second-order valence-corrected chi connectivity index (χ2v) is 6.30. The zero-order valence-electron chi connectivity index (χ0n) is 13.1. The summed E-state index contributed by atoms with van der Waals surface area (Å²) >= 11 is 0. The topological polar surface area (TPSA) is 72.9 Å². The smallest absolute Gasteiger partial charge is 0.329 e. The quantitative estimate of drug-likeness (QED) is 0.546. The highest BCUT2D eigenvalue weighted by molar-refractivity contribution is 6.08. The number of hydrogen-bond donors (Lipinski definition) is 0. The maximum Gasteiger partial charge on any atom is 0.329 e. The maximum absolute atomic E-state index is 12.7. The maximum atomic E-state index is 12.7. The molecule has 3 aliphatic heterocycles. The molecule has 3 fully saturated rings. The normalized spacial score (nSPS) is 34.2. The molecule has 0 spiro atoms. The Balaban J connectivity index is 1.83. The molecule has 3 aliphatic rings. The minimum absolute atomic E-state index is 0.148. The number of carbonyl (C=O) groups is 3. The summed E-state index contributed by atoms with van der Waals surface area (Å²) < 4.78 is 10.8. The van der Waals surface area contributed by atoms with Crippen LogP contribution < -0.4 is 0 Å². The van der Waals surface area contributed by atoms with E-state index >= 15 is 0 Å². The van der Waals surface area contributed by atoms with Crippen LogP contribution in [0.1, 0.15) is 46.0 Å². The third kappa shape index (κ3) is 2.24. The summed E-state index contributed by atoms with van der Waals surface area (Å²) in [7, 11) is 0. The summed E-state index contributed by atoms with van der Waals surface area (Å²) in [4.78, 5) is 38.9. The van der Waals surface area contributed by atoms with Crippen LogP contribution in [-0.2, 0) is 23.9 Å². The Hall–Kier alpha value is -1.43. The van der Waals surface area contributed by atoms with Gasteiger partial charge in [0.25, 0.3) is 0 Å². The van der Waals surface area contributed by atoms with Crippen molar-refractivity contribution in [3.63, 3.8) is 0 Å². The van der Waals surface area contributed by atoms with Crippen molar-refractivity contribution in [1.29, 1.82) is 0 Å². The SMILES string of the molecule is CCCCC(C(=O)OCC)N1C(=O)[C@@H]2[C@H](C1=O)[C@@H]1CC[C@H]2O1. The highest BCUT2D eigenvalue weighted by Crippen LogP contribution is 2.49. The lowest BCUT2D eigenvalue weighted by Crippen LogP contribution is -2.47. The molecule has 0 aliphatic carbocycles. The van der Waals surface area contributed by atoms with E-state index in [0.29, 0.717) is 6.42 Å². The van der Waals surface area contributed by atoms with E-state index in [4.69, 9.17) is 9.47 Å². The predicted octanol–water partition coefficient (Wildman–Crippen LogP) is 1.27. The van der Waals surface area contributed by atoms with Gasteiger partial charge in [0, 0.05) is 0 Å². The van der Waals surface area contributed by atoms with Crippen molar-refractivity contribution in [3.05, 3.63) is 0 Å². The first-order valence-corrected chi connectivity index (χ1v) is 8.29. The van der Waals surface area contributed by atoms with Gasteiger partial charge in [0.05, 0.1) is 30.7 Å². The Bertz CT molecular complexity index is 463. The molecule has 1 unspecified atom stereocenters. The zero-order chi connectivity index (χ0) is 15.9. The third-order valence-electron chi connectivity index (χ3n) is 5.02. The lowest BCUT2D eigenvalue weighted by molar-refractivity contribution is -0.160. The molecule has 6 nitrogen and oxygen atoms in total. The monoisotopic (exact) mass is 309 g/mol. The minimum atomic E-state index is -0.773. The van der Waals surface area contributed by atoms with Crippen molar-refractivity contribution in [2.75, 3.05) is 6.61 Å². The van der Waals surface area contributed by atoms with Crippen molar-refractivity contribution in [2.24, 2.45) is 11.8 Å². The van der Waals surface area contributed by atoms with Gasteiger partial charge in [0.15, 0.2) is 0 Å². The highest BCUT2D eigenvalue weighted by atomic mass is 16.5. The number of fused-ring (bicyclic) bond motifs is 5. The van der Waals surface area contributed by atoms with E-state index in [1.807, 2.05) is 6.92 Å². The van der Waals surface area contributed by atoms with Gasteiger partial charge in [0.1, 0.15) is 6.04 Å². The molecule has 5 atom stereocenters. The van der Waals surface area contributed by atoms with Gasteiger partial charge in [-0.25, -0.2) is 4.79 Å². The summed E-state index contributed by atoms with van der Waals surface area (Å²) in [5.74, 6) is -1.71. The summed E-state index contributed by atoms with van der Waals surface area (Å²) in [6.07, 6.45) is 3.51. The van der Waals surface area contributed by atoms with Gasteiger partial charge in [-0.1, -0.05) is 19.8 Å².